The fourth-order valence-corrected chi connectivity index (χ4v) is 2.65. The lowest BCUT2D eigenvalue weighted by molar-refractivity contribution is 1.03. The Balaban J connectivity index is 2.13. The van der Waals surface area contributed by atoms with Crippen molar-refractivity contribution in [2.75, 3.05) is 17.2 Å². The highest BCUT2D eigenvalue weighted by molar-refractivity contribution is 7.09. The van der Waals surface area contributed by atoms with Gasteiger partial charge in [-0.2, -0.15) is 0 Å². The number of hydrogen-bond acceptors (Lipinski definition) is 5. The third-order valence-electron chi connectivity index (χ3n) is 2.38. The molecule has 7 heteroatoms. The second-order valence-corrected chi connectivity index (χ2v) is 5.77. The third-order valence-corrected chi connectivity index (χ3v) is 3.78. The number of aromatic nitrogens is 2. The van der Waals surface area contributed by atoms with Gasteiger partial charge in [-0.1, -0.05) is 23.2 Å². The summed E-state index contributed by atoms with van der Waals surface area (Å²) in [6.45, 7) is 5.30. The standard InChI is InChI=1S/C12H14Cl2N4S/c1-3-15-11-9(13)4-10(14)12(18-11)16-5-8-6-19-7(2)17-8/h4,6H,3,5H2,1-2H3,(H2,15,16,18). The van der Waals surface area contributed by atoms with Crippen molar-refractivity contribution >= 4 is 46.2 Å². The third kappa shape index (κ3) is 3.72. The predicted molar refractivity (Wildman–Crippen MR) is 82.6 cm³/mol. The Bertz CT molecular complexity index is 571. The van der Waals surface area contributed by atoms with Crippen LogP contribution in [0.3, 0.4) is 0 Å². The SMILES string of the molecule is CCNc1nc(NCc2csc(C)n2)c(Cl)cc1Cl. The fraction of sp³-hybridized carbons (Fsp3) is 0.333. The maximum atomic E-state index is 6.12. The predicted octanol–water partition coefficient (Wildman–Crippen LogP) is 4.20. The van der Waals surface area contributed by atoms with Crippen molar-refractivity contribution in [3.8, 4) is 0 Å². The van der Waals surface area contributed by atoms with E-state index in [0.717, 1.165) is 17.2 Å². The minimum absolute atomic E-state index is 0.499. The summed E-state index contributed by atoms with van der Waals surface area (Å²) in [6, 6.07) is 1.68. The molecule has 19 heavy (non-hydrogen) atoms. The molecule has 2 heterocycles. The van der Waals surface area contributed by atoms with Crippen LogP contribution in [0, 0.1) is 6.92 Å². The van der Waals surface area contributed by atoms with Gasteiger partial charge in [0.25, 0.3) is 0 Å². The second-order valence-electron chi connectivity index (χ2n) is 3.89. The molecule has 2 rings (SSSR count). The molecular weight excluding hydrogens is 303 g/mol. The average molecular weight is 317 g/mol. The van der Waals surface area contributed by atoms with Crippen molar-refractivity contribution < 1.29 is 0 Å². The molecule has 2 N–H and O–H groups in total. The number of thiazole rings is 1. The Kier molecular flexibility index (Phi) is 4.85. The number of nitrogens with zero attached hydrogens (tertiary/aromatic N) is 2. The van der Waals surface area contributed by atoms with Crippen LogP contribution in [-0.2, 0) is 6.54 Å². The van der Waals surface area contributed by atoms with E-state index in [4.69, 9.17) is 23.2 Å². The number of halogens is 2. The fourth-order valence-electron chi connectivity index (χ4n) is 1.55. The molecule has 0 saturated heterocycles. The van der Waals surface area contributed by atoms with Crippen LogP contribution in [0.2, 0.25) is 10.0 Å². The lowest BCUT2D eigenvalue weighted by Crippen LogP contribution is -2.06. The van der Waals surface area contributed by atoms with Crippen molar-refractivity contribution in [3.05, 3.63) is 32.2 Å². The second kappa shape index (κ2) is 6.41. The maximum Gasteiger partial charge on any atom is 0.147 e. The Morgan fingerprint density at radius 1 is 1.16 bits per heavy atom. The van der Waals surface area contributed by atoms with Gasteiger partial charge in [0, 0.05) is 11.9 Å². The first-order chi connectivity index (χ1) is 9.10. The monoisotopic (exact) mass is 316 g/mol. The van der Waals surface area contributed by atoms with Crippen LogP contribution in [0.15, 0.2) is 11.4 Å². The molecule has 0 amide bonds. The molecule has 0 bridgehead atoms. The van der Waals surface area contributed by atoms with E-state index in [-0.39, 0.29) is 0 Å². The van der Waals surface area contributed by atoms with E-state index in [1.807, 2.05) is 19.2 Å². The Labute approximate surface area is 126 Å². The molecule has 0 aromatic carbocycles. The summed E-state index contributed by atoms with van der Waals surface area (Å²) in [7, 11) is 0. The molecule has 102 valence electrons. The molecule has 0 atom stereocenters. The summed E-state index contributed by atoms with van der Waals surface area (Å²) >= 11 is 13.8. The number of pyridine rings is 1. The molecular formula is C12H14Cl2N4S. The number of hydrogen-bond donors (Lipinski definition) is 2. The normalized spacial score (nSPS) is 10.5. The van der Waals surface area contributed by atoms with Crippen LogP contribution in [0.25, 0.3) is 0 Å². The largest absolute Gasteiger partial charge is 0.369 e. The van der Waals surface area contributed by atoms with Crippen LogP contribution in [0.5, 0.6) is 0 Å². The van der Waals surface area contributed by atoms with Gasteiger partial charge >= 0.3 is 0 Å². The number of rotatable bonds is 5. The van der Waals surface area contributed by atoms with E-state index in [9.17, 15) is 0 Å². The lowest BCUT2D eigenvalue weighted by atomic mass is 10.4. The van der Waals surface area contributed by atoms with E-state index in [2.05, 4.69) is 20.6 Å². The average Bonchev–Trinajstić information content (AvgIpc) is 2.77. The van der Waals surface area contributed by atoms with E-state index < -0.39 is 0 Å². The zero-order valence-electron chi connectivity index (χ0n) is 10.6. The molecule has 0 aliphatic carbocycles. The van der Waals surface area contributed by atoms with Crippen molar-refractivity contribution in [1.82, 2.24) is 9.97 Å². The molecule has 0 fully saturated rings. The minimum Gasteiger partial charge on any atom is -0.369 e. The van der Waals surface area contributed by atoms with E-state index in [0.29, 0.717) is 28.2 Å². The highest BCUT2D eigenvalue weighted by Gasteiger charge is 2.09. The first kappa shape index (κ1) is 14.4. The van der Waals surface area contributed by atoms with Gasteiger partial charge in [0.2, 0.25) is 0 Å². The van der Waals surface area contributed by atoms with Crippen molar-refractivity contribution in [3.63, 3.8) is 0 Å². The molecule has 0 radical (unpaired) electrons. The highest BCUT2D eigenvalue weighted by atomic mass is 35.5. The van der Waals surface area contributed by atoms with Crippen LogP contribution >= 0.6 is 34.5 Å². The minimum atomic E-state index is 0.499. The highest BCUT2D eigenvalue weighted by Crippen LogP contribution is 2.29. The maximum absolute atomic E-state index is 6.12. The quantitative estimate of drug-likeness (QED) is 0.868. The lowest BCUT2D eigenvalue weighted by Gasteiger charge is -2.10. The van der Waals surface area contributed by atoms with Crippen LogP contribution < -0.4 is 10.6 Å². The van der Waals surface area contributed by atoms with E-state index >= 15 is 0 Å². The molecule has 0 aliphatic heterocycles. The van der Waals surface area contributed by atoms with Crippen molar-refractivity contribution in [2.45, 2.75) is 20.4 Å². The summed E-state index contributed by atoms with van der Waals surface area (Å²) in [5, 5.41) is 10.3. The molecule has 0 spiro atoms. The van der Waals surface area contributed by atoms with Gasteiger partial charge in [-0.3, -0.25) is 0 Å². The molecule has 0 aliphatic rings. The zero-order chi connectivity index (χ0) is 13.8. The first-order valence-electron chi connectivity index (χ1n) is 5.85. The summed E-state index contributed by atoms with van der Waals surface area (Å²) < 4.78 is 0. The summed E-state index contributed by atoms with van der Waals surface area (Å²) in [5.41, 5.74) is 0.973. The van der Waals surface area contributed by atoms with Crippen LogP contribution in [-0.4, -0.2) is 16.5 Å². The zero-order valence-corrected chi connectivity index (χ0v) is 13.0. The summed E-state index contributed by atoms with van der Waals surface area (Å²) in [5.74, 6) is 1.23. The van der Waals surface area contributed by atoms with Gasteiger partial charge in [0.1, 0.15) is 11.6 Å². The van der Waals surface area contributed by atoms with Crippen molar-refractivity contribution in [1.29, 1.82) is 0 Å². The van der Waals surface area contributed by atoms with E-state index in [1.54, 1.807) is 17.4 Å². The van der Waals surface area contributed by atoms with Gasteiger partial charge in [-0.15, -0.1) is 11.3 Å². The first-order valence-corrected chi connectivity index (χ1v) is 7.48. The smallest absolute Gasteiger partial charge is 0.147 e. The number of anilines is 2. The molecule has 4 nitrogen and oxygen atoms in total. The van der Waals surface area contributed by atoms with Crippen LogP contribution in [0.1, 0.15) is 17.6 Å². The van der Waals surface area contributed by atoms with Gasteiger partial charge in [0.15, 0.2) is 0 Å². The summed E-state index contributed by atoms with van der Waals surface area (Å²) in [4.78, 5) is 8.75. The number of aryl methyl sites for hydroxylation is 1. The Hall–Kier alpha value is -1.04. The number of nitrogens with one attached hydrogen (secondary N) is 2. The molecule has 2 aromatic heterocycles. The van der Waals surface area contributed by atoms with Crippen LogP contribution in [0.4, 0.5) is 11.6 Å². The molecule has 0 unspecified atom stereocenters. The Morgan fingerprint density at radius 2 is 1.84 bits per heavy atom. The molecule has 2 aromatic rings. The van der Waals surface area contributed by atoms with Gasteiger partial charge < -0.3 is 10.6 Å². The summed E-state index contributed by atoms with van der Waals surface area (Å²) in [6.07, 6.45) is 0. The Morgan fingerprint density at radius 3 is 2.42 bits per heavy atom. The topological polar surface area (TPSA) is 49.8 Å². The van der Waals surface area contributed by atoms with Gasteiger partial charge in [-0.25, -0.2) is 9.97 Å². The van der Waals surface area contributed by atoms with Gasteiger partial charge in [-0.05, 0) is 19.9 Å². The van der Waals surface area contributed by atoms with E-state index in [1.165, 1.54) is 0 Å². The van der Waals surface area contributed by atoms with Crippen molar-refractivity contribution in [2.24, 2.45) is 0 Å². The molecule has 0 saturated carbocycles. The van der Waals surface area contributed by atoms with Gasteiger partial charge in [0.05, 0.1) is 27.3 Å².